The summed E-state index contributed by atoms with van der Waals surface area (Å²) < 4.78 is 0. The van der Waals surface area contributed by atoms with E-state index in [0.717, 1.165) is 37.9 Å². The van der Waals surface area contributed by atoms with Crippen molar-refractivity contribution in [2.75, 3.05) is 13.1 Å². The van der Waals surface area contributed by atoms with Crippen LogP contribution < -0.4 is 5.32 Å². The highest BCUT2D eigenvalue weighted by Crippen LogP contribution is 2.17. The van der Waals surface area contributed by atoms with Gasteiger partial charge in [-0.1, -0.05) is 0 Å². The number of piperidine rings is 1. The van der Waals surface area contributed by atoms with Crippen LogP contribution in [0.1, 0.15) is 24.8 Å². The van der Waals surface area contributed by atoms with Crippen LogP contribution in [0.2, 0.25) is 0 Å². The summed E-state index contributed by atoms with van der Waals surface area (Å²) in [5, 5.41) is 3.32. The van der Waals surface area contributed by atoms with Crippen molar-refractivity contribution in [3.05, 3.63) is 30.1 Å². The van der Waals surface area contributed by atoms with E-state index in [9.17, 15) is 4.79 Å². The van der Waals surface area contributed by atoms with Crippen LogP contribution in [-0.2, 0) is 11.2 Å². The molecular weight excluding hydrogens is 200 g/mol. The van der Waals surface area contributed by atoms with Crippen molar-refractivity contribution < 1.29 is 4.79 Å². The molecule has 1 aliphatic rings. The SMILES string of the molecule is O=C(Cc1ccncc1)CC1CCNCC1. The van der Waals surface area contributed by atoms with Crippen molar-refractivity contribution in [1.82, 2.24) is 10.3 Å². The van der Waals surface area contributed by atoms with Gasteiger partial charge in [-0.2, -0.15) is 0 Å². The molecule has 1 aromatic heterocycles. The van der Waals surface area contributed by atoms with Crippen LogP contribution in [0, 0.1) is 5.92 Å². The standard InChI is InChI=1S/C13H18N2O/c16-13(9-11-1-5-14-6-2-11)10-12-3-7-15-8-4-12/h1-2,5-6,12,15H,3-4,7-10H2. The molecule has 0 atom stereocenters. The van der Waals surface area contributed by atoms with Gasteiger partial charge >= 0.3 is 0 Å². The number of hydrogen-bond donors (Lipinski definition) is 1. The molecule has 1 aromatic rings. The summed E-state index contributed by atoms with van der Waals surface area (Å²) in [5.41, 5.74) is 1.08. The molecule has 0 bridgehead atoms. The summed E-state index contributed by atoms with van der Waals surface area (Å²) in [6.45, 7) is 2.13. The summed E-state index contributed by atoms with van der Waals surface area (Å²) >= 11 is 0. The molecule has 3 heteroatoms. The highest BCUT2D eigenvalue weighted by molar-refractivity contribution is 5.81. The lowest BCUT2D eigenvalue weighted by Gasteiger charge is -2.21. The average molecular weight is 218 g/mol. The molecule has 0 amide bonds. The molecule has 1 fully saturated rings. The fourth-order valence-corrected chi connectivity index (χ4v) is 2.21. The summed E-state index contributed by atoms with van der Waals surface area (Å²) in [6, 6.07) is 3.83. The van der Waals surface area contributed by atoms with Crippen LogP contribution in [0.4, 0.5) is 0 Å². The second-order valence-corrected chi connectivity index (χ2v) is 4.47. The highest BCUT2D eigenvalue weighted by Gasteiger charge is 2.16. The Bertz CT molecular complexity index is 331. The molecule has 1 aliphatic heterocycles. The zero-order valence-electron chi connectivity index (χ0n) is 9.48. The topological polar surface area (TPSA) is 42.0 Å². The van der Waals surface area contributed by atoms with E-state index in [1.165, 1.54) is 0 Å². The van der Waals surface area contributed by atoms with E-state index in [0.29, 0.717) is 18.1 Å². The van der Waals surface area contributed by atoms with E-state index < -0.39 is 0 Å². The number of carbonyl (C=O) groups is 1. The Hall–Kier alpha value is -1.22. The number of aromatic nitrogens is 1. The molecule has 2 heterocycles. The van der Waals surface area contributed by atoms with Crippen LogP contribution in [-0.4, -0.2) is 23.9 Å². The van der Waals surface area contributed by atoms with Gasteiger partial charge in [0.05, 0.1) is 0 Å². The predicted octanol–water partition coefficient (Wildman–Crippen LogP) is 1.58. The van der Waals surface area contributed by atoms with Gasteiger partial charge in [-0.15, -0.1) is 0 Å². The van der Waals surface area contributed by atoms with Gasteiger partial charge in [-0.25, -0.2) is 0 Å². The normalized spacial score (nSPS) is 17.2. The molecular formula is C13H18N2O. The largest absolute Gasteiger partial charge is 0.317 e. The Labute approximate surface area is 96.3 Å². The fraction of sp³-hybridized carbons (Fsp3) is 0.538. The Morgan fingerprint density at radius 1 is 1.31 bits per heavy atom. The molecule has 3 nitrogen and oxygen atoms in total. The van der Waals surface area contributed by atoms with Gasteiger partial charge in [-0.05, 0) is 49.5 Å². The Morgan fingerprint density at radius 3 is 2.69 bits per heavy atom. The molecule has 0 aromatic carbocycles. The molecule has 0 saturated carbocycles. The fourth-order valence-electron chi connectivity index (χ4n) is 2.21. The first-order chi connectivity index (χ1) is 7.84. The molecule has 2 rings (SSSR count). The van der Waals surface area contributed by atoms with Gasteiger partial charge in [0, 0.05) is 25.2 Å². The third-order valence-electron chi connectivity index (χ3n) is 3.13. The highest BCUT2D eigenvalue weighted by atomic mass is 16.1. The second kappa shape index (κ2) is 5.75. The monoisotopic (exact) mass is 218 g/mol. The minimum Gasteiger partial charge on any atom is -0.317 e. The first-order valence-electron chi connectivity index (χ1n) is 5.96. The third-order valence-corrected chi connectivity index (χ3v) is 3.13. The minimum absolute atomic E-state index is 0.359. The van der Waals surface area contributed by atoms with Gasteiger partial charge in [0.1, 0.15) is 5.78 Å². The van der Waals surface area contributed by atoms with Gasteiger partial charge in [0.2, 0.25) is 0 Å². The van der Waals surface area contributed by atoms with Crippen molar-refractivity contribution in [3.8, 4) is 0 Å². The lowest BCUT2D eigenvalue weighted by atomic mass is 9.91. The van der Waals surface area contributed by atoms with Gasteiger partial charge in [0.15, 0.2) is 0 Å². The van der Waals surface area contributed by atoms with E-state index in [-0.39, 0.29) is 0 Å². The number of pyridine rings is 1. The number of rotatable bonds is 4. The molecule has 1 saturated heterocycles. The maximum absolute atomic E-state index is 11.8. The molecule has 0 spiro atoms. The number of hydrogen-bond acceptors (Lipinski definition) is 3. The van der Waals surface area contributed by atoms with Crippen molar-refractivity contribution in [2.45, 2.75) is 25.7 Å². The van der Waals surface area contributed by atoms with Crippen molar-refractivity contribution in [2.24, 2.45) is 5.92 Å². The lowest BCUT2D eigenvalue weighted by molar-refractivity contribution is -0.119. The van der Waals surface area contributed by atoms with Crippen LogP contribution in [0.3, 0.4) is 0 Å². The molecule has 0 aliphatic carbocycles. The smallest absolute Gasteiger partial charge is 0.137 e. The van der Waals surface area contributed by atoms with E-state index in [1.807, 2.05) is 12.1 Å². The van der Waals surface area contributed by atoms with E-state index >= 15 is 0 Å². The zero-order valence-corrected chi connectivity index (χ0v) is 9.48. The third kappa shape index (κ3) is 3.42. The predicted molar refractivity (Wildman–Crippen MR) is 63.2 cm³/mol. The summed E-state index contributed by atoms with van der Waals surface area (Å²) in [5.74, 6) is 0.952. The number of nitrogens with one attached hydrogen (secondary N) is 1. The lowest BCUT2D eigenvalue weighted by Crippen LogP contribution is -2.29. The number of carbonyl (C=O) groups excluding carboxylic acids is 1. The quantitative estimate of drug-likeness (QED) is 0.834. The van der Waals surface area contributed by atoms with Crippen LogP contribution in [0.25, 0.3) is 0 Å². The Morgan fingerprint density at radius 2 is 2.00 bits per heavy atom. The molecule has 0 unspecified atom stereocenters. The van der Waals surface area contributed by atoms with Crippen molar-refractivity contribution in [3.63, 3.8) is 0 Å². The van der Waals surface area contributed by atoms with E-state index in [2.05, 4.69) is 10.3 Å². The van der Waals surface area contributed by atoms with Gasteiger partial charge < -0.3 is 5.32 Å². The summed E-state index contributed by atoms with van der Waals surface area (Å²) in [4.78, 5) is 15.8. The second-order valence-electron chi connectivity index (χ2n) is 4.47. The van der Waals surface area contributed by atoms with Crippen LogP contribution in [0.5, 0.6) is 0 Å². The van der Waals surface area contributed by atoms with Crippen molar-refractivity contribution in [1.29, 1.82) is 0 Å². The number of ketones is 1. The molecule has 16 heavy (non-hydrogen) atoms. The Kier molecular flexibility index (Phi) is 4.05. The van der Waals surface area contributed by atoms with Crippen LogP contribution in [0.15, 0.2) is 24.5 Å². The number of Topliss-reactive ketones (excluding diaryl/α,β-unsaturated/α-hetero) is 1. The zero-order chi connectivity index (χ0) is 11.2. The molecule has 0 radical (unpaired) electrons. The van der Waals surface area contributed by atoms with E-state index in [1.54, 1.807) is 12.4 Å². The van der Waals surface area contributed by atoms with Gasteiger partial charge in [0.25, 0.3) is 0 Å². The first-order valence-corrected chi connectivity index (χ1v) is 5.96. The minimum atomic E-state index is 0.359. The maximum Gasteiger partial charge on any atom is 0.137 e. The molecule has 1 N–H and O–H groups in total. The van der Waals surface area contributed by atoms with Gasteiger partial charge in [-0.3, -0.25) is 9.78 Å². The van der Waals surface area contributed by atoms with Crippen molar-refractivity contribution >= 4 is 5.78 Å². The maximum atomic E-state index is 11.8. The first kappa shape index (κ1) is 11.3. The molecule has 86 valence electrons. The summed E-state index contributed by atoms with van der Waals surface area (Å²) in [6.07, 6.45) is 7.07. The van der Waals surface area contributed by atoms with Crippen LogP contribution >= 0.6 is 0 Å². The van der Waals surface area contributed by atoms with E-state index in [4.69, 9.17) is 0 Å². The summed E-state index contributed by atoms with van der Waals surface area (Å²) in [7, 11) is 0. The Balaban J connectivity index is 1.80. The number of nitrogens with zero attached hydrogens (tertiary/aromatic N) is 1. The average Bonchev–Trinajstić information content (AvgIpc) is 2.31.